The van der Waals surface area contributed by atoms with E-state index in [-0.39, 0.29) is 42.3 Å². The van der Waals surface area contributed by atoms with Crippen molar-refractivity contribution in [3.8, 4) is 0 Å². The van der Waals surface area contributed by atoms with E-state index in [0.717, 1.165) is 0 Å². The van der Waals surface area contributed by atoms with Crippen LogP contribution in [0.25, 0.3) is 0 Å². The lowest BCUT2D eigenvalue weighted by Gasteiger charge is -2.35. The van der Waals surface area contributed by atoms with Gasteiger partial charge in [-0.15, -0.1) is 11.3 Å². The molecule has 1 aliphatic rings. The number of carboxylic acid groups (broad SMARTS) is 1. The predicted octanol–water partition coefficient (Wildman–Crippen LogP) is 4.95. The maximum atomic E-state index is 13.2. The first-order valence-electron chi connectivity index (χ1n) is 15.7. The van der Waals surface area contributed by atoms with Gasteiger partial charge in [-0.25, -0.2) is 15.0 Å². The van der Waals surface area contributed by atoms with Gasteiger partial charge in [-0.05, 0) is 18.4 Å². The topological polar surface area (TPSA) is 161 Å². The van der Waals surface area contributed by atoms with E-state index >= 15 is 0 Å². The number of hydrogen-bond donors (Lipinski definition) is 2. The quantitative estimate of drug-likeness (QED) is 0.253. The number of thiazole rings is 1. The lowest BCUT2D eigenvalue weighted by molar-refractivity contribution is -0.149. The fourth-order valence-electron chi connectivity index (χ4n) is 4.65. The van der Waals surface area contributed by atoms with Gasteiger partial charge >= 0.3 is 11.9 Å². The molecule has 4 unspecified atom stereocenters. The molecule has 3 heterocycles. The summed E-state index contributed by atoms with van der Waals surface area (Å²) in [5.74, 6) is -1.88. The Morgan fingerprint density at radius 2 is 1.71 bits per heavy atom. The van der Waals surface area contributed by atoms with E-state index < -0.39 is 35.9 Å². The van der Waals surface area contributed by atoms with Crippen molar-refractivity contribution in [2.75, 3.05) is 20.3 Å². The number of aliphatic carboxylic acids is 1. The Kier molecular flexibility index (Phi) is 18.1. The van der Waals surface area contributed by atoms with Gasteiger partial charge in [0.15, 0.2) is 6.10 Å². The standard InChI is InChI=1S/C28H39N5O7S.2C2H6/c1-16(2)22(33(5)25(35)10-19-13-39-14-19)12-23(40-18(4)34)27-32-21(15-41-27)26(36)31-20(9-17(3)28(37)38)11-24-29-7-6-8-30-24;2*1-2/h6-8,15-17,19-20,22-23H,9-14H2,1-5H3,(H,31,36)(H,37,38);2*1-2H3. The summed E-state index contributed by atoms with van der Waals surface area (Å²) in [5, 5.41) is 14.3. The number of ether oxygens (including phenoxy) is 2. The van der Waals surface area contributed by atoms with Gasteiger partial charge in [0.2, 0.25) is 5.91 Å². The van der Waals surface area contributed by atoms with Gasteiger partial charge in [-0.1, -0.05) is 48.5 Å². The minimum Gasteiger partial charge on any atom is -0.481 e. The Labute approximate surface area is 271 Å². The van der Waals surface area contributed by atoms with Crippen LogP contribution in [0.15, 0.2) is 23.8 Å². The van der Waals surface area contributed by atoms with Crippen LogP contribution >= 0.6 is 11.3 Å². The van der Waals surface area contributed by atoms with Crippen LogP contribution < -0.4 is 5.32 Å². The van der Waals surface area contributed by atoms with E-state index in [1.807, 2.05) is 41.5 Å². The second-order valence-corrected chi connectivity index (χ2v) is 11.7. The SMILES string of the molecule is CC.CC.CC(=O)OC(CC(C(C)C)N(C)C(=O)CC1COC1)c1nc(C(=O)NC(Cc2ncccn2)CC(C)C(=O)O)cs1. The summed E-state index contributed by atoms with van der Waals surface area (Å²) in [6, 6.07) is 0.895. The summed E-state index contributed by atoms with van der Waals surface area (Å²) < 4.78 is 10.8. The molecule has 12 nitrogen and oxygen atoms in total. The Morgan fingerprint density at radius 1 is 1.09 bits per heavy atom. The summed E-state index contributed by atoms with van der Waals surface area (Å²) in [6.45, 7) is 16.1. The fourth-order valence-corrected chi connectivity index (χ4v) is 5.49. The summed E-state index contributed by atoms with van der Waals surface area (Å²) in [6.07, 6.45) is 3.56. The lowest BCUT2D eigenvalue weighted by atomic mass is 9.95. The number of rotatable bonds is 15. The molecule has 45 heavy (non-hydrogen) atoms. The maximum absolute atomic E-state index is 13.2. The smallest absolute Gasteiger partial charge is 0.306 e. The van der Waals surface area contributed by atoms with E-state index in [2.05, 4.69) is 20.3 Å². The van der Waals surface area contributed by atoms with Crippen LogP contribution in [-0.4, -0.2) is 81.1 Å². The monoisotopic (exact) mass is 649 g/mol. The second-order valence-electron chi connectivity index (χ2n) is 10.8. The zero-order valence-electron chi connectivity index (χ0n) is 28.1. The van der Waals surface area contributed by atoms with Gasteiger partial charge in [0.1, 0.15) is 16.5 Å². The molecule has 1 fully saturated rings. The number of amides is 2. The van der Waals surface area contributed by atoms with E-state index in [4.69, 9.17) is 9.47 Å². The molecule has 2 amide bonds. The molecule has 1 aliphatic heterocycles. The minimum absolute atomic E-state index is 0.00167. The van der Waals surface area contributed by atoms with Crippen molar-refractivity contribution in [3.05, 3.63) is 40.4 Å². The van der Waals surface area contributed by atoms with Gasteiger partial charge in [-0.2, -0.15) is 0 Å². The summed E-state index contributed by atoms with van der Waals surface area (Å²) in [7, 11) is 1.76. The van der Waals surface area contributed by atoms with Gasteiger partial charge in [0.25, 0.3) is 5.91 Å². The number of carbonyl (C=O) groups is 4. The molecule has 2 N–H and O–H groups in total. The Hall–Kier alpha value is -3.45. The largest absolute Gasteiger partial charge is 0.481 e. The molecule has 2 aromatic heterocycles. The van der Waals surface area contributed by atoms with Crippen molar-refractivity contribution in [3.63, 3.8) is 0 Å². The summed E-state index contributed by atoms with van der Waals surface area (Å²) in [5.41, 5.74) is 0.125. The van der Waals surface area contributed by atoms with E-state index in [0.29, 0.717) is 36.9 Å². The molecule has 0 aromatic carbocycles. The van der Waals surface area contributed by atoms with Gasteiger partial charge < -0.3 is 24.8 Å². The third-order valence-corrected chi connectivity index (χ3v) is 8.00. The highest BCUT2D eigenvalue weighted by molar-refractivity contribution is 7.09. The highest BCUT2D eigenvalue weighted by Gasteiger charge is 2.33. The van der Waals surface area contributed by atoms with Crippen LogP contribution in [0.1, 0.15) is 102 Å². The lowest BCUT2D eigenvalue weighted by Crippen LogP contribution is -2.44. The second kappa shape index (κ2) is 20.6. The summed E-state index contributed by atoms with van der Waals surface area (Å²) >= 11 is 1.19. The zero-order valence-corrected chi connectivity index (χ0v) is 28.9. The molecule has 0 radical (unpaired) electrons. The molecule has 4 atom stereocenters. The number of nitrogens with zero attached hydrogens (tertiary/aromatic N) is 4. The summed E-state index contributed by atoms with van der Waals surface area (Å²) in [4.78, 5) is 64.2. The van der Waals surface area contributed by atoms with Gasteiger partial charge in [0, 0.05) is 69.0 Å². The van der Waals surface area contributed by atoms with E-state index in [9.17, 15) is 24.3 Å². The van der Waals surface area contributed by atoms with Crippen molar-refractivity contribution in [2.24, 2.45) is 17.8 Å². The number of carbonyl (C=O) groups excluding carboxylic acids is 3. The van der Waals surface area contributed by atoms with Crippen LogP contribution in [-0.2, 0) is 30.3 Å². The molecule has 1 saturated heterocycles. The molecule has 0 saturated carbocycles. The van der Waals surface area contributed by atoms with Crippen molar-refractivity contribution in [2.45, 2.75) is 99.3 Å². The van der Waals surface area contributed by atoms with Crippen molar-refractivity contribution >= 4 is 35.1 Å². The van der Waals surface area contributed by atoms with Crippen molar-refractivity contribution in [1.29, 1.82) is 0 Å². The normalized spacial score (nSPS) is 15.1. The van der Waals surface area contributed by atoms with Gasteiger partial charge in [0.05, 0.1) is 19.1 Å². The van der Waals surface area contributed by atoms with E-state index in [1.54, 1.807) is 42.7 Å². The highest BCUT2D eigenvalue weighted by Crippen LogP contribution is 2.31. The van der Waals surface area contributed by atoms with Crippen LogP contribution in [0.3, 0.4) is 0 Å². The van der Waals surface area contributed by atoms with Crippen LogP contribution in [0, 0.1) is 17.8 Å². The minimum atomic E-state index is -0.970. The molecule has 3 rings (SSSR count). The fraction of sp³-hybridized carbons (Fsp3) is 0.656. The molecular formula is C32H51N5O7S. The average Bonchev–Trinajstić information content (AvgIpc) is 3.49. The molecule has 0 bridgehead atoms. The van der Waals surface area contributed by atoms with Crippen LogP contribution in [0.5, 0.6) is 0 Å². The number of esters is 1. The molecular weight excluding hydrogens is 598 g/mol. The van der Waals surface area contributed by atoms with Crippen molar-refractivity contribution < 1.29 is 33.8 Å². The first kappa shape index (κ1) is 39.6. The van der Waals surface area contributed by atoms with E-state index in [1.165, 1.54) is 18.3 Å². The zero-order chi connectivity index (χ0) is 34.1. The number of carboxylic acids is 1. The molecule has 0 spiro atoms. The first-order valence-corrected chi connectivity index (χ1v) is 16.6. The maximum Gasteiger partial charge on any atom is 0.306 e. The molecule has 13 heteroatoms. The average molecular weight is 650 g/mol. The molecule has 2 aromatic rings. The third-order valence-electron chi connectivity index (χ3n) is 7.07. The van der Waals surface area contributed by atoms with Crippen LogP contribution in [0.2, 0.25) is 0 Å². The highest BCUT2D eigenvalue weighted by atomic mass is 32.1. The molecule has 0 aliphatic carbocycles. The number of nitrogens with one attached hydrogen (secondary N) is 1. The van der Waals surface area contributed by atoms with Gasteiger partial charge in [-0.3, -0.25) is 19.2 Å². The Bertz CT molecular complexity index is 1190. The molecule has 252 valence electrons. The number of aromatic nitrogens is 3. The number of hydrogen-bond acceptors (Lipinski definition) is 10. The van der Waals surface area contributed by atoms with Crippen molar-refractivity contribution in [1.82, 2.24) is 25.2 Å². The third kappa shape index (κ3) is 13.2. The predicted molar refractivity (Wildman–Crippen MR) is 173 cm³/mol. The van der Waals surface area contributed by atoms with Crippen LogP contribution in [0.4, 0.5) is 0 Å². The first-order chi connectivity index (χ1) is 21.4. The Balaban J connectivity index is 0.00000243. The Morgan fingerprint density at radius 3 is 2.22 bits per heavy atom.